The maximum absolute atomic E-state index is 14.7. The minimum atomic E-state index is -0.566. The standard InChI is InChI=1S/C24H24FN5O6/c1-29-21(33)8-13(11-31)15-2-3-17(25)16(22(15)29)6-7-26-9-14-10-30(24(34)36-14)19-5-4-18-23(27-19)28-20(32)12-35-18/h2-5,8,14,26,31H,6-7,9-12H2,1H3,(H,27,28,32)/t14-/m0/s1. The summed E-state index contributed by atoms with van der Waals surface area (Å²) in [6.07, 6.45) is -0.755. The molecule has 0 aliphatic carbocycles. The zero-order valence-electron chi connectivity index (χ0n) is 19.4. The van der Waals surface area contributed by atoms with E-state index < -0.39 is 18.0 Å². The number of nitrogens with zero attached hydrogens (tertiary/aromatic N) is 3. The quantitative estimate of drug-likeness (QED) is 0.413. The first-order valence-electron chi connectivity index (χ1n) is 11.4. The second-order valence-corrected chi connectivity index (χ2v) is 8.57. The number of fused-ring (bicyclic) bond motifs is 2. The molecule has 5 rings (SSSR count). The summed E-state index contributed by atoms with van der Waals surface area (Å²) in [5, 5.41) is 16.0. The molecule has 2 aromatic heterocycles. The van der Waals surface area contributed by atoms with E-state index in [2.05, 4.69) is 15.6 Å². The number of aliphatic hydroxyl groups is 1. The lowest BCUT2D eigenvalue weighted by atomic mass is 10.0. The normalized spacial score (nSPS) is 17.1. The van der Waals surface area contributed by atoms with E-state index in [9.17, 15) is 23.9 Å². The van der Waals surface area contributed by atoms with E-state index in [4.69, 9.17) is 9.47 Å². The van der Waals surface area contributed by atoms with Crippen molar-refractivity contribution < 1.29 is 28.6 Å². The van der Waals surface area contributed by atoms with Gasteiger partial charge in [-0.15, -0.1) is 0 Å². The van der Waals surface area contributed by atoms with Gasteiger partial charge >= 0.3 is 6.09 Å². The average molecular weight is 497 g/mol. The van der Waals surface area contributed by atoms with Gasteiger partial charge in [-0.3, -0.25) is 14.5 Å². The molecule has 188 valence electrons. The van der Waals surface area contributed by atoms with Crippen molar-refractivity contribution in [2.75, 3.05) is 36.5 Å². The summed E-state index contributed by atoms with van der Waals surface area (Å²) in [6.45, 7) is 0.513. The molecule has 3 N–H and O–H groups in total. The Morgan fingerprint density at radius 1 is 1.25 bits per heavy atom. The van der Waals surface area contributed by atoms with Crippen LogP contribution < -0.4 is 25.8 Å². The molecule has 1 aromatic carbocycles. The van der Waals surface area contributed by atoms with Gasteiger partial charge in [-0.2, -0.15) is 0 Å². The number of amides is 2. The summed E-state index contributed by atoms with van der Waals surface area (Å²) in [5.41, 5.74) is 0.928. The van der Waals surface area contributed by atoms with Crippen molar-refractivity contribution in [3.63, 3.8) is 0 Å². The van der Waals surface area contributed by atoms with E-state index in [-0.39, 0.29) is 43.5 Å². The second-order valence-electron chi connectivity index (χ2n) is 8.57. The molecule has 1 atom stereocenters. The van der Waals surface area contributed by atoms with Crippen LogP contribution in [0.15, 0.2) is 35.1 Å². The maximum atomic E-state index is 14.7. The monoisotopic (exact) mass is 497 g/mol. The van der Waals surface area contributed by atoms with Crippen molar-refractivity contribution in [2.24, 2.45) is 7.05 Å². The van der Waals surface area contributed by atoms with Gasteiger partial charge in [0.25, 0.3) is 11.5 Å². The highest BCUT2D eigenvalue weighted by molar-refractivity contribution is 5.95. The summed E-state index contributed by atoms with van der Waals surface area (Å²) in [7, 11) is 1.57. The van der Waals surface area contributed by atoms with Gasteiger partial charge in [-0.05, 0) is 42.8 Å². The van der Waals surface area contributed by atoms with Crippen LogP contribution in [0.5, 0.6) is 5.75 Å². The van der Waals surface area contributed by atoms with Crippen molar-refractivity contribution in [3.05, 3.63) is 57.6 Å². The van der Waals surface area contributed by atoms with Gasteiger partial charge in [0.2, 0.25) is 0 Å². The van der Waals surface area contributed by atoms with Crippen LogP contribution >= 0.6 is 0 Å². The van der Waals surface area contributed by atoms with E-state index in [1.54, 1.807) is 25.2 Å². The summed E-state index contributed by atoms with van der Waals surface area (Å²) in [5.74, 6) is 0.226. The molecule has 3 aromatic rings. The Labute approximate surface area is 204 Å². The molecule has 2 aliphatic rings. The van der Waals surface area contributed by atoms with Crippen LogP contribution in [0.25, 0.3) is 10.9 Å². The molecule has 1 fully saturated rings. The van der Waals surface area contributed by atoms with Crippen LogP contribution in [0.2, 0.25) is 0 Å². The van der Waals surface area contributed by atoms with E-state index in [1.807, 2.05) is 0 Å². The number of aryl methyl sites for hydroxylation is 1. The van der Waals surface area contributed by atoms with Crippen molar-refractivity contribution in [3.8, 4) is 5.75 Å². The number of benzene rings is 1. The highest BCUT2D eigenvalue weighted by Gasteiger charge is 2.33. The first kappa shape index (κ1) is 23.7. The predicted molar refractivity (Wildman–Crippen MR) is 128 cm³/mol. The lowest BCUT2D eigenvalue weighted by molar-refractivity contribution is -0.118. The van der Waals surface area contributed by atoms with Gasteiger partial charge in [-0.25, -0.2) is 14.2 Å². The Morgan fingerprint density at radius 2 is 2.08 bits per heavy atom. The van der Waals surface area contributed by atoms with E-state index in [1.165, 1.54) is 21.6 Å². The number of halogens is 1. The van der Waals surface area contributed by atoms with Gasteiger partial charge in [-0.1, -0.05) is 0 Å². The highest BCUT2D eigenvalue weighted by atomic mass is 19.1. The van der Waals surface area contributed by atoms with Gasteiger partial charge in [0.05, 0.1) is 18.7 Å². The van der Waals surface area contributed by atoms with Crippen LogP contribution in [0.1, 0.15) is 11.1 Å². The number of nitrogens with one attached hydrogen (secondary N) is 2. The van der Waals surface area contributed by atoms with Crippen LogP contribution in [0, 0.1) is 5.82 Å². The fourth-order valence-corrected chi connectivity index (χ4v) is 4.45. The number of anilines is 2. The fraction of sp³-hybridized carbons (Fsp3) is 0.333. The number of pyridine rings is 2. The smallest absolute Gasteiger partial charge is 0.416 e. The number of hydrogen-bond acceptors (Lipinski definition) is 8. The molecule has 4 heterocycles. The van der Waals surface area contributed by atoms with Gasteiger partial charge in [0.15, 0.2) is 18.2 Å². The molecular formula is C24H24FN5O6. The number of aromatic nitrogens is 2. The molecule has 11 nitrogen and oxygen atoms in total. The van der Waals surface area contributed by atoms with Crippen molar-refractivity contribution in [1.29, 1.82) is 0 Å². The largest absolute Gasteiger partial charge is 0.480 e. The van der Waals surface area contributed by atoms with Gasteiger partial charge in [0, 0.05) is 30.6 Å². The molecule has 12 heteroatoms. The molecule has 0 spiro atoms. The summed E-state index contributed by atoms with van der Waals surface area (Å²) >= 11 is 0. The number of rotatable bonds is 7. The number of carbonyl (C=O) groups excluding carboxylic acids is 2. The Kier molecular flexibility index (Phi) is 6.29. The highest BCUT2D eigenvalue weighted by Crippen LogP contribution is 2.30. The average Bonchev–Trinajstić information content (AvgIpc) is 3.24. The Hall–Kier alpha value is -4.03. The molecular weight excluding hydrogens is 473 g/mol. The van der Waals surface area contributed by atoms with E-state index >= 15 is 0 Å². The summed E-state index contributed by atoms with van der Waals surface area (Å²) in [4.78, 5) is 41.9. The van der Waals surface area contributed by atoms with E-state index in [0.29, 0.717) is 46.7 Å². The third-order valence-corrected chi connectivity index (χ3v) is 6.24. The van der Waals surface area contributed by atoms with Crippen molar-refractivity contribution in [1.82, 2.24) is 14.9 Å². The molecule has 2 amide bonds. The lowest BCUT2D eigenvalue weighted by Gasteiger charge is -2.19. The topological polar surface area (TPSA) is 135 Å². The zero-order chi connectivity index (χ0) is 25.4. The Balaban J connectivity index is 1.23. The molecule has 2 aliphatic heterocycles. The number of carbonyl (C=O) groups is 2. The number of aliphatic hydroxyl groups excluding tert-OH is 1. The SMILES string of the molecule is Cn1c(=O)cc(CO)c2ccc(F)c(CCNC[C@H]3CN(c4ccc5c(n4)NC(=O)CO5)C(=O)O3)c21. The van der Waals surface area contributed by atoms with Crippen LogP contribution in [-0.4, -0.2) is 59.0 Å². The zero-order valence-corrected chi connectivity index (χ0v) is 19.4. The van der Waals surface area contributed by atoms with Crippen LogP contribution in [-0.2, 0) is 29.6 Å². The number of cyclic esters (lactones) is 1. The predicted octanol–water partition coefficient (Wildman–Crippen LogP) is 1.05. The molecule has 36 heavy (non-hydrogen) atoms. The lowest BCUT2D eigenvalue weighted by Crippen LogP contribution is -2.32. The molecule has 0 unspecified atom stereocenters. The summed E-state index contributed by atoms with van der Waals surface area (Å²) < 4.78 is 26.8. The Bertz CT molecular complexity index is 1420. The van der Waals surface area contributed by atoms with Gasteiger partial charge in [0.1, 0.15) is 17.7 Å². The van der Waals surface area contributed by atoms with Gasteiger partial charge < -0.3 is 29.8 Å². The van der Waals surface area contributed by atoms with Crippen molar-refractivity contribution >= 4 is 34.5 Å². The fourth-order valence-electron chi connectivity index (χ4n) is 4.45. The molecule has 1 saturated heterocycles. The van der Waals surface area contributed by atoms with Crippen molar-refractivity contribution in [2.45, 2.75) is 19.1 Å². The number of ether oxygens (including phenoxy) is 2. The van der Waals surface area contributed by atoms with Crippen LogP contribution in [0.3, 0.4) is 0 Å². The van der Waals surface area contributed by atoms with Crippen LogP contribution in [0.4, 0.5) is 20.8 Å². The maximum Gasteiger partial charge on any atom is 0.416 e. The first-order chi connectivity index (χ1) is 17.4. The molecule has 0 saturated carbocycles. The third-order valence-electron chi connectivity index (χ3n) is 6.24. The third kappa shape index (κ3) is 4.36. The Morgan fingerprint density at radius 3 is 2.89 bits per heavy atom. The molecule has 0 radical (unpaired) electrons. The second kappa shape index (κ2) is 9.55. The first-order valence-corrected chi connectivity index (χ1v) is 11.4. The molecule has 0 bridgehead atoms. The van der Waals surface area contributed by atoms with E-state index in [0.717, 1.165) is 0 Å². The number of hydrogen-bond donors (Lipinski definition) is 3. The summed E-state index contributed by atoms with van der Waals surface area (Å²) in [6, 6.07) is 7.48. The minimum Gasteiger partial charge on any atom is -0.480 e. The minimum absolute atomic E-state index is 0.0882.